The molecule has 1 fully saturated rings. The first-order chi connectivity index (χ1) is 7.19. The quantitative estimate of drug-likeness (QED) is 0.752. The Morgan fingerprint density at radius 2 is 2.20 bits per heavy atom. The van der Waals surface area contributed by atoms with Crippen LogP contribution in [-0.4, -0.2) is 30.4 Å². The highest BCUT2D eigenvalue weighted by atomic mass is 35.5. The summed E-state index contributed by atoms with van der Waals surface area (Å²) in [6.07, 6.45) is 2.14. The Morgan fingerprint density at radius 1 is 1.47 bits per heavy atom. The second-order valence-electron chi connectivity index (χ2n) is 3.61. The largest absolute Gasteiger partial charge is 0.450 e. The van der Waals surface area contributed by atoms with E-state index in [0.29, 0.717) is 6.61 Å². The second kappa shape index (κ2) is 5.95. The van der Waals surface area contributed by atoms with E-state index in [2.05, 4.69) is 5.32 Å². The van der Waals surface area contributed by atoms with Crippen LogP contribution in [0.5, 0.6) is 0 Å². The van der Waals surface area contributed by atoms with Crippen LogP contribution in [0, 0.1) is 5.92 Å². The van der Waals surface area contributed by atoms with Gasteiger partial charge in [0.25, 0.3) is 0 Å². The van der Waals surface area contributed by atoms with Gasteiger partial charge in [0.2, 0.25) is 0 Å². The molecule has 0 saturated heterocycles. The molecule has 2 atom stereocenters. The highest BCUT2D eigenvalue weighted by Gasteiger charge is 2.33. The molecule has 0 bridgehead atoms. The summed E-state index contributed by atoms with van der Waals surface area (Å²) in [6.45, 7) is 2.09. The Hall–Kier alpha value is -0.770. The van der Waals surface area contributed by atoms with Gasteiger partial charge in [0.05, 0.1) is 12.5 Å². The molecule has 1 N–H and O–H groups in total. The van der Waals surface area contributed by atoms with Crippen LogP contribution >= 0.6 is 11.6 Å². The summed E-state index contributed by atoms with van der Waals surface area (Å²) in [5.74, 6) is -0.103. The van der Waals surface area contributed by atoms with Crippen LogP contribution in [0.25, 0.3) is 0 Å². The maximum Gasteiger partial charge on any atom is 0.407 e. The van der Waals surface area contributed by atoms with Crippen molar-refractivity contribution in [3.63, 3.8) is 0 Å². The van der Waals surface area contributed by atoms with Gasteiger partial charge in [-0.3, -0.25) is 4.79 Å². The second-order valence-corrected chi connectivity index (χ2v) is 3.88. The summed E-state index contributed by atoms with van der Waals surface area (Å²) in [5.41, 5.74) is 0. The van der Waals surface area contributed by atoms with E-state index in [4.69, 9.17) is 16.3 Å². The van der Waals surface area contributed by atoms with Crippen molar-refractivity contribution < 1.29 is 14.3 Å². The zero-order valence-corrected chi connectivity index (χ0v) is 9.55. The molecule has 0 aliphatic heterocycles. The Balaban J connectivity index is 2.46. The summed E-state index contributed by atoms with van der Waals surface area (Å²) in [6, 6.07) is -0.102. The number of amides is 1. The molecule has 4 nitrogen and oxygen atoms in total. The van der Waals surface area contributed by atoms with E-state index in [1.54, 1.807) is 6.92 Å². The molecular weight excluding hydrogens is 218 g/mol. The number of alkyl halides is 1. The average Bonchev–Trinajstić information content (AvgIpc) is 2.65. The van der Waals surface area contributed by atoms with Crippen LogP contribution in [0.3, 0.4) is 0 Å². The third-order valence-corrected chi connectivity index (χ3v) is 2.90. The average molecular weight is 234 g/mol. The number of ketones is 1. The fourth-order valence-electron chi connectivity index (χ4n) is 1.94. The zero-order valence-electron chi connectivity index (χ0n) is 8.79. The Labute approximate surface area is 94.3 Å². The molecule has 0 radical (unpaired) electrons. The maximum atomic E-state index is 11.4. The molecule has 0 aromatic rings. The van der Waals surface area contributed by atoms with Crippen LogP contribution in [0.4, 0.5) is 4.79 Å². The topological polar surface area (TPSA) is 55.4 Å². The number of hydrogen-bond acceptors (Lipinski definition) is 3. The third-order valence-electron chi connectivity index (χ3n) is 2.64. The molecule has 5 heteroatoms. The predicted molar refractivity (Wildman–Crippen MR) is 57.0 cm³/mol. The van der Waals surface area contributed by atoms with Gasteiger partial charge in [-0.05, 0) is 19.8 Å². The lowest BCUT2D eigenvalue weighted by Crippen LogP contribution is -2.40. The summed E-state index contributed by atoms with van der Waals surface area (Å²) in [5, 5.41) is 2.70. The van der Waals surface area contributed by atoms with Gasteiger partial charge in [0, 0.05) is 12.0 Å². The highest BCUT2D eigenvalue weighted by molar-refractivity contribution is 6.28. The third kappa shape index (κ3) is 3.38. The van der Waals surface area contributed by atoms with Crippen LogP contribution in [0.15, 0.2) is 0 Å². The molecule has 0 aromatic carbocycles. The van der Waals surface area contributed by atoms with Gasteiger partial charge in [0.15, 0.2) is 5.78 Å². The van der Waals surface area contributed by atoms with E-state index in [1.165, 1.54) is 0 Å². The molecule has 15 heavy (non-hydrogen) atoms. The van der Waals surface area contributed by atoms with Crippen molar-refractivity contribution >= 4 is 23.5 Å². The van der Waals surface area contributed by atoms with Gasteiger partial charge in [0.1, 0.15) is 0 Å². The van der Waals surface area contributed by atoms with Gasteiger partial charge in [-0.2, -0.15) is 0 Å². The minimum Gasteiger partial charge on any atom is -0.450 e. The molecule has 0 aromatic heterocycles. The SMILES string of the molecule is CCOC(=O)NC1CCCC1C(=O)CCl. The van der Waals surface area contributed by atoms with Gasteiger partial charge in [-0.25, -0.2) is 4.79 Å². The minimum atomic E-state index is -0.447. The molecule has 1 aliphatic carbocycles. The number of rotatable bonds is 4. The van der Waals surface area contributed by atoms with Gasteiger partial charge < -0.3 is 10.1 Å². The van der Waals surface area contributed by atoms with E-state index >= 15 is 0 Å². The number of halogens is 1. The Kier molecular flexibility index (Phi) is 4.88. The van der Waals surface area contributed by atoms with E-state index in [9.17, 15) is 9.59 Å². The molecule has 0 heterocycles. The molecule has 2 unspecified atom stereocenters. The van der Waals surface area contributed by atoms with E-state index in [-0.39, 0.29) is 23.6 Å². The van der Waals surface area contributed by atoms with E-state index in [1.807, 2.05) is 0 Å². The fourth-order valence-corrected chi connectivity index (χ4v) is 2.14. The molecule has 86 valence electrons. The maximum absolute atomic E-state index is 11.4. The van der Waals surface area contributed by atoms with E-state index in [0.717, 1.165) is 19.3 Å². The number of alkyl carbamates (subject to hydrolysis) is 1. The molecule has 1 saturated carbocycles. The standard InChI is InChI=1S/C10H16ClNO3/c1-2-15-10(14)12-8-5-3-4-7(8)9(13)6-11/h7-8H,2-6H2,1H3,(H,12,14). The molecule has 0 spiro atoms. The monoisotopic (exact) mass is 233 g/mol. The lowest BCUT2D eigenvalue weighted by atomic mass is 9.99. The molecule has 1 amide bonds. The van der Waals surface area contributed by atoms with Crippen LogP contribution in [0.1, 0.15) is 26.2 Å². The van der Waals surface area contributed by atoms with Crippen molar-refractivity contribution in [1.29, 1.82) is 0 Å². The van der Waals surface area contributed by atoms with Crippen molar-refractivity contribution in [2.75, 3.05) is 12.5 Å². The smallest absolute Gasteiger partial charge is 0.407 e. The fraction of sp³-hybridized carbons (Fsp3) is 0.800. The predicted octanol–water partition coefficient (Wildman–Crippen LogP) is 1.71. The Morgan fingerprint density at radius 3 is 2.80 bits per heavy atom. The van der Waals surface area contributed by atoms with Crippen LogP contribution in [-0.2, 0) is 9.53 Å². The number of hydrogen-bond donors (Lipinski definition) is 1. The lowest BCUT2D eigenvalue weighted by molar-refractivity contribution is -0.120. The first kappa shape index (κ1) is 12.3. The van der Waals surface area contributed by atoms with Crippen molar-refractivity contribution in [2.45, 2.75) is 32.2 Å². The Bertz CT molecular complexity index is 245. The van der Waals surface area contributed by atoms with Crippen molar-refractivity contribution in [1.82, 2.24) is 5.32 Å². The lowest BCUT2D eigenvalue weighted by Gasteiger charge is -2.18. The van der Waals surface area contributed by atoms with Crippen LogP contribution < -0.4 is 5.32 Å². The van der Waals surface area contributed by atoms with Gasteiger partial charge >= 0.3 is 6.09 Å². The summed E-state index contributed by atoms with van der Waals surface area (Å²) >= 11 is 5.50. The minimum absolute atomic E-state index is 0.0102. The highest BCUT2D eigenvalue weighted by Crippen LogP contribution is 2.26. The zero-order chi connectivity index (χ0) is 11.3. The number of ether oxygens (including phenoxy) is 1. The summed E-state index contributed by atoms with van der Waals surface area (Å²) < 4.78 is 4.77. The van der Waals surface area contributed by atoms with Crippen molar-refractivity contribution in [3.05, 3.63) is 0 Å². The first-order valence-electron chi connectivity index (χ1n) is 5.21. The number of Topliss-reactive ketones (excluding diaryl/α,β-unsaturated/α-hetero) is 1. The van der Waals surface area contributed by atoms with Crippen LogP contribution in [0.2, 0.25) is 0 Å². The van der Waals surface area contributed by atoms with Gasteiger partial charge in [-0.1, -0.05) is 6.42 Å². The molecular formula is C10H16ClNO3. The summed E-state index contributed by atoms with van der Waals surface area (Å²) in [7, 11) is 0. The summed E-state index contributed by atoms with van der Waals surface area (Å²) in [4.78, 5) is 22.6. The number of carbonyl (C=O) groups is 2. The first-order valence-corrected chi connectivity index (χ1v) is 5.74. The van der Waals surface area contributed by atoms with Crippen molar-refractivity contribution in [2.24, 2.45) is 5.92 Å². The number of carbonyl (C=O) groups excluding carboxylic acids is 2. The molecule has 1 aliphatic rings. The van der Waals surface area contributed by atoms with Gasteiger partial charge in [-0.15, -0.1) is 11.6 Å². The van der Waals surface area contributed by atoms with E-state index < -0.39 is 6.09 Å². The molecule has 1 rings (SSSR count). The van der Waals surface area contributed by atoms with Crippen molar-refractivity contribution in [3.8, 4) is 0 Å². The number of nitrogens with one attached hydrogen (secondary N) is 1. The normalized spacial score (nSPS) is 24.9.